The minimum atomic E-state index is -4.58. The Morgan fingerprint density at radius 2 is 1.59 bits per heavy atom. The van der Waals surface area contributed by atoms with E-state index in [9.17, 15) is 32.3 Å². The van der Waals surface area contributed by atoms with Crippen molar-refractivity contribution < 1.29 is 41.9 Å². The van der Waals surface area contributed by atoms with E-state index in [4.69, 9.17) is 9.57 Å². The van der Waals surface area contributed by atoms with Gasteiger partial charge in [-0.15, -0.1) is 0 Å². The number of rotatable bonds is 7. The number of amides is 4. The Labute approximate surface area is 313 Å². The fourth-order valence-electron chi connectivity index (χ4n) is 7.74. The van der Waals surface area contributed by atoms with E-state index in [0.717, 1.165) is 29.8 Å². The number of nitrogens with zero attached hydrogens (tertiary/aromatic N) is 5. The normalized spacial score (nSPS) is 21.2. The number of benzene rings is 2. The summed E-state index contributed by atoms with van der Waals surface area (Å²) in [6.45, 7) is 9.05. The average Bonchev–Trinajstić information content (AvgIpc) is 3.31. The number of likely N-dealkylation sites (tertiary alicyclic amines) is 1. The van der Waals surface area contributed by atoms with Crippen LogP contribution in [0, 0.1) is 0 Å². The maximum Gasteiger partial charge on any atom is 0.416 e. The van der Waals surface area contributed by atoms with Crippen LogP contribution in [0.5, 0.6) is 0 Å². The molecule has 3 saturated heterocycles. The summed E-state index contributed by atoms with van der Waals surface area (Å²) >= 11 is 0. The Balaban J connectivity index is 1.08. The second-order valence-corrected chi connectivity index (χ2v) is 15.4. The summed E-state index contributed by atoms with van der Waals surface area (Å²) in [7, 11) is 0. The molecule has 54 heavy (non-hydrogen) atoms. The Morgan fingerprint density at radius 3 is 2.28 bits per heavy atom. The van der Waals surface area contributed by atoms with Gasteiger partial charge in [0, 0.05) is 83.0 Å². The van der Waals surface area contributed by atoms with E-state index in [1.165, 1.54) is 17.0 Å². The second kappa shape index (κ2) is 16.4. The number of hydroxylamine groups is 2. The zero-order valence-electron chi connectivity index (χ0n) is 31.1. The summed E-state index contributed by atoms with van der Waals surface area (Å²) in [6, 6.07) is 12.2. The van der Waals surface area contributed by atoms with Crippen LogP contribution in [-0.2, 0) is 38.2 Å². The number of carbonyl (C=O) groups excluding carboxylic acids is 4. The molecule has 2 aromatic rings. The van der Waals surface area contributed by atoms with Gasteiger partial charge in [0.05, 0.1) is 11.2 Å². The first kappa shape index (κ1) is 39.1. The molecule has 0 aromatic heterocycles. The minimum Gasteiger partial charge on any atom is -0.436 e. The molecule has 4 aliphatic rings. The summed E-state index contributed by atoms with van der Waals surface area (Å²) < 4.78 is 46.6. The predicted octanol–water partition coefficient (Wildman–Crippen LogP) is 5.36. The molecule has 1 N–H and O–H groups in total. The molecule has 0 bridgehead atoms. The van der Waals surface area contributed by atoms with Crippen LogP contribution in [0.25, 0.3) is 0 Å². The van der Waals surface area contributed by atoms with Crippen molar-refractivity contribution in [1.29, 1.82) is 0 Å². The van der Waals surface area contributed by atoms with Crippen LogP contribution in [0.1, 0.15) is 63.1 Å². The molecule has 1 unspecified atom stereocenters. The van der Waals surface area contributed by atoms with Gasteiger partial charge in [-0.25, -0.2) is 19.4 Å². The van der Waals surface area contributed by atoms with Gasteiger partial charge in [0.25, 0.3) is 5.91 Å². The second-order valence-electron chi connectivity index (χ2n) is 15.4. The van der Waals surface area contributed by atoms with E-state index in [0.29, 0.717) is 83.7 Å². The summed E-state index contributed by atoms with van der Waals surface area (Å²) in [4.78, 5) is 65.6. The van der Waals surface area contributed by atoms with Crippen LogP contribution in [-0.4, -0.2) is 125 Å². The summed E-state index contributed by atoms with van der Waals surface area (Å²) in [5.74, 6) is 1.56. The molecule has 4 amide bonds. The zero-order chi connectivity index (χ0) is 38.6. The molecule has 4 aliphatic heterocycles. The number of nitrogens with one attached hydrogen (secondary N) is 1. The molecular weight excluding hydrogens is 705 g/mol. The number of fused-ring (bicyclic) bond motifs is 1. The number of para-hydroxylation sites is 1. The molecule has 0 spiro atoms. The van der Waals surface area contributed by atoms with Gasteiger partial charge in [0.1, 0.15) is 11.6 Å². The Bertz CT molecular complexity index is 1730. The van der Waals surface area contributed by atoms with Gasteiger partial charge >= 0.3 is 18.3 Å². The van der Waals surface area contributed by atoms with Gasteiger partial charge in [-0.3, -0.25) is 14.5 Å². The quantitative estimate of drug-likeness (QED) is 0.376. The van der Waals surface area contributed by atoms with E-state index in [1.807, 2.05) is 51.0 Å². The number of piperazine rings is 1. The molecule has 0 aliphatic carbocycles. The Kier molecular flexibility index (Phi) is 11.9. The number of piperidine rings is 2. The molecule has 3 fully saturated rings. The van der Waals surface area contributed by atoms with Crippen LogP contribution in [0.2, 0.25) is 0 Å². The lowest BCUT2D eigenvalue weighted by Crippen LogP contribution is -2.56. The highest BCUT2D eigenvalue weighted by atomic mass is 19.4. The molecule has 0 radical (unpaired) electrons. The van der Waals surface area contributed by atoms with Gasteiger partial charge in [0.15, 0.2) is 6.10 Å². The molecule has 12 nitrogen and oxygen atoms in total. The molecule has 292 valence electrons. The number of carbonyl (C=O) groups is 3. The largest absolute Gasteiger partial charge is 0.436 e. The lowest BCUT2D eigenvalue weighted by molar-refractivity contribution is -0.216. The van der Waals surface area contributed by atoms with E-state index in [-0.39, 0.29) is 30.1 Å². The van der Waals surface area contributed by atoms with Gasteiger partial charge in [-0.1, -0.05) is 36.4 Å². The smallest absolute Gasteiger partial charge is 0.416 e. The SMILES string of the molecule is CC(C)(C)ON1CCC(N2CCN(C(=O)[C@@H](Cc3cccc(C(F)(F)F)c3)OC(=O)N3CCC(N4CCc5ccccc5NC4=O)CC3)CC2)CC1=C=O. The molecule has 2 atom stereocenters. The monoisotopic (exact) mass is 754 g/mol. The van der Waals surface area contributed by atoms with Gasteiger partial charge in [0.2, 0.25) is 0 Å². The molecule has 6 rings (SSSR count). The van der Waals surface area contributed by atoms with Gasteiger partial charge < -0.3 is 24.8 Å². The standard InChI is InChI=1S/C39H49F3N6O6/c1-38(2,3)54-48-18-14-31(25-32(48)26-49)44-19-21-45(22-20-44)35(50)34(24-27-7-6-9-29(23-27)39(40,41)42)53-37(52)46-15-12-30(13-16-46)47-17-11-28-8-4-5-10-33(28)43-36(47)51/h4-10,23,30-31,34H,11-22,24-25H2,1-3H3,(H,43,51)/t31?,34-/m1/s1. The lowest BCUT2D eigenvalue weighted by Gasteiger charge is -2.44. The number of alkyl halides is 3. The van der Waals surface area contributed by atoms with E-state index < -0.39 is 35.4 Å². The highest BCUT2D eigenvalue weighted by Gasteiger charge is 2.38. The van der Waals surface area contributed by atoms with Crippen molar-refractivity contribution in [3.63, 3.8) is 0 Å². The average molecular weight is 755 g/mol. The predicted molar refractivity (Wildman–Crippen MR) is 194 cm³/mol. The molecule has 2 aromatic carbocycles. The minimum absolute atomic E-state index is 0.0518. The van der Waals surface area contributed by atoms with Gasteiger partial charge in [-0.05, 0) is 69.7 Å². The summed E-state index contributed by atoms with van der Waals surface area (Å²) in [6.07, 6.45) is -3.94. The van der Waals surface area contributed by atoms with Crippen molar-refractivity contribution in [2.24, 2.45) is 0 Å². The van der Waals surface area contributed by atoms with Crippen molar-refractivity contribution in [3.05, 3.63) is 70.9 Å². The third kappa shape index (κ3) is 9.55. The fraction of sp³-hybridized carbons (Fsp3) is 0.564. The number of anilines is 1. The van der Waals surface area contributed by atoms with E-state index in [2.05, 4.69) is 10.2 Å². The summed E-state index contributed by atoms with van der Waals surface area (Å²) in [5, 5.41) is 4.60. The van der Waals surface area contributed by atoms with Crippen molar-refractivity contribution in [3.8, 4) is 0 Å². The number of urea groups is 1. The van der Waals surface area contributed by atoms with Crippen molar-refractivity contribution >= 4 is 29.7 Å². The first-order chi connectivity index (χ1) is 25.7. The number of hydrogen-bond donors (Lipinski definition) is 1. The van der Waals surface area contributed by atoms with E-state index in [1.54, 1.807) is 14.9 Å². The topological polar surface area (TPSA) is 115 Å². The molecule has 15 heteroatoms. The maximum absolute atomic E-state index is 14.0. The lowest BCUT2D eigenvalue weighted by atomic mass is 10.0. The van der Waals surface area contributed by atoms with Crippen molar-refractivity contribution in [1.82, 2.24) is 24.7 Å². The van der Waals surface area contributed by atoms with Crippen LogP contribution < -0.4 is 5.32 Å². The third-order valence-electron chi connectivity index (χ3n) is 10.5. The molecule has 4 heterocycles. The van der Waals surface area contributed by atoms with Crippen LogP contribution >= 0.6 is 0 Å². The fourth-order valence-corrected chi connectivity index (χ4v) is 7.74. The zero-order valence-corrected chi connectivity index (χ0v) is 31.1. The first-order valence-corrected chi connectivity index (χ1v) is 18.7. The van der Waals surface area contributed by atoms with Crippen LogP contribution in [0.15, 0.2) is 54.2 Å². The van der Waals surface area contributed by atoms with Crippen molar-refractivity contribution in [2.45, 2.75) is 89.3 Å². The first-order valence-electron chi connectivity index (χ1n) is 18.7. The number of hydrogen-bond acceptors (Lipinski definition) is 8. The highest BCUT2D eigenvalue weighted by molar-refractivity contribution is 5.91. The highest BCUT2D eigenvalue weighted by Crippen LogP contribution is 2.31. The maximum atomic E-state index is 14.0. The molecule has 0 saturated carbocycles. The third-order valence-corrected chi connectivity index (χ3v) is 10.5. The Hall–Kier alpha value is -4.59. The van der Waals surface area contributed by atoms with Crippen molar-refractivity contribution in [2.75, 3.05) is 57.7 Å². The number of ether oxygens (including phenoxy) is 1. The summed E-state index contributed by atoms with van der Waals surface area (Å²) in [5.41, 5.74) is 1.19. The number of halogens is 3. The van der Waals surface area contributed by atoms with Crippen LogP contribution in [0.4, 0.5) is 28.4 Å². The van der Waals surface area contributed by atoms with Crippen LogP contribution in [0.3, 0.4) is 0 Å². The van der Waals surface area contributed by atoms with Gasteiger partial charge in [-0.2, -0.15) is 13.2 Å². The van der Waals surface area contributed by atoms with E-state index >= 15 is 0 Å². The molecular formula is C39H49F3N6O6. The Morgan fingerprint density at radius 1 is 0.889 bits per heavy atom.